The lowest BCUT2D eigenvalue weighted by Crippen LogP contribution is -2.49. The average Bonchev–Trinajstić information content (AvgIpc) is 2.30. The van der Waals surface area contributed by atoms with Gasteiger partial charge in [-0.15, -0.1) is 0 Å². The maximum absolute atomic E-state index is 12.9. The van der Waals surface area contributed by atoms with Gasteiger partial charge in [0.1, 0.15) is 0 Å². The minimum Gasteiger partial charge on any atom is -0.324 e. The van der Waals surface area contributed by atoms with E-state index in [1.54, 1.807) is 13.8 Å². The van der Waals surface area contributed by atoms with E-state index in [4.69, 9.17) is 0 Å². The summed E-state index contributed by atoms with van der Waals surface area (Å²) in [6.45, 7) is 5.57. The monoisotopic (exact) mass is 352 g/mol. The molecule has 0 heterocycles. The summed E-state index contributed by atoms with van der Waals surface area (Å²) < 4.78 is 39.1. The Kier molecular flexibility index (Phi) is 5.21. The molecule has 0 atom stereocenters. The van der Waals surface area contributed by atoms with Gasteiger partial charge in [-0.25, -0.2) is 0 Å². The first-order valence-electron chi connectivity index (χ1n) is 6.01. The molecule has 0 spiro atoms. The number of likely N-dealkylation sites (N-methyl/N-ethyl adjacent to an activating group) is 1. The topological polar surface area (TPSA) is 41.1 Å². The van der Waals surface area contributed by atoms with Gasteiger partial charge in [0.25, 0.3) is 0 Å². The molecule has 0 saturated heterocycles. The zero-order chi connectivity index (χ0) is 15.6. The molecule has 0 fully saturated rings. The maximum Gasteiger partial charge on any atom is 0.418 e. The van der Waals surface area contributed by atoms with Gasteiger partial charge in [-0.1, -0.05) is 22.9 Å². The van der Waals surface area contributed by atoms with Crippen LogP contribution in [0.1, 0.15) is 26.3 Å². The van der Waals surface area contributed by atoms with Gasteiger partial charge in [0, 0.05) is 4.47 Å². The maximum atomic E-state index is 12.9. The third-order valence-corrected chi connectivity index (χ3v) is 3.21. The normalized spacial score (nSPS) is 12.3. The number of carbonyl (C=O) groups is 1. The summed E-state index contributed by atoms with van der Waals surface area (Å²) in [6, 6.07) is 3.62. The van der Waals surface area contributed by atoms with Gasteiger partial charge in [-0.3, -0.25) is 4.79 Å². The number of halogens is 4. The number of alkyl halides is 3. The number of hydrogen-bond acceptors (Lipinski definition) is 2. The van der Waals surface area contributed by atoms with E-state index >= 15 is 0 Å². The van der Waals surface area contributed by atoms with Gasteiger partial charge in [0.15, 0.2) is 0 Å². The zero-order valence-electron chi connectivity index (χ0n) is 11.4. The molecular weight excluding hydrogens is 337 g/mol. The standard InChI is InChI=1S/C13H16BrF3N2O/c1-4-18-12(2,3)11(20)19-10-6-5-8(14)7-9(10)13(15,16)17/h5-7,18H,4H2,1-3H3,(H,19,20). The molecule has 0 bridgehead atoms. The third kappa shape index (κ3) is 4.21. The Bertz CT molecular complexity index is 501. The molecule has 3 nitrogen and oxygen atoms in total. The van der Waals surface area contributed by atoms with Crippen LogP contribution in [0.15, 0.2) is 22.7 Å². The minimum atomic E-state index is -4.53. The number of nitrogens with one attached hydrogen (secondary N) is 2. The van der Waals surface area contributed by atoms with Gasteiger partial charge in [0.2, 0.25) is 5.91 Å². The quantitative estimate of drug-likeness (QED) is 0.865. The van der Waals surface area contributed by atoms with Crippen molar-refractivity contribution in [3.05, 3.63) is 28.2 Å². The number of anilines is 1. The minimum absolute atomic E-state index is 0.253. The van der Waals surface area contributed by atoms with Crippen LogP contribution in [0.25, 0.3) is 0 Å². The summed E-state index contributed by atoms with van der Waals surface area (Å²) in [5, 5.41) is 5.24. The molecular formula is C13H16BrF3N2O. The van der Waals surface area contributed by atoms with Crippen LogP contribution in [0.2, 0.25) is 0 Å². The Hall–Kier alpha value is -1.08. The van der Waals surface area contributed by atoms with Crippen LogP contribution in [0.4, 0.5) is 18.9 Å². The van der Waals surface area contributed by atoms with Crippen molar-refractivity contribution < 1.29 is 18.0 Å². The number of benzene rings is 1. The highest BCUT2D eigenvalue weighted by Crippen LogP contribution is 2.36. The van der Waals surface area contributed by atoms with Crippen molar-refractivity contribution >= 4 is 27.5 Å². The van der Waals surface area contributed by atoms with Gasteiger partial charge in [0.05, 0.1) is 16.8 Å². The van der Waals surface area contributed by atoms with Gasteiger partial charge in [-0.2, -0.15) is 13.2 Å². The van der Waals surface area contributed by atoms with E-state index in [1.807, 2.05) is 6.92 Å². The van der Waals surface area contributed by atoms with Crippen molar-refractivity contribution in [2.75, 3.05) is 11.9 Å². The molecule has 1 aromatic carbocycles. The number of carbonyl (C=O) groups excluding carboxylic acids is 1. The van der Waals surface area contributed by atoms with Crippen molar-refractivity contribution in [1.29, 1.82) is 0 Å². The van der Waals surface area contributed by atoms with E-state index in [-0.39, 0.29) is 5.69 Å². The first-order chi connectivity index (χ1) is 9.08. The summed E-state index contributed by atoms with van der Waals surface area (Å²) in [5.41, 5.74) is -2.09. The molecule has 1 rings (SSSR count). The molecule has 0 unspecified atom stereocenters. The van der Waals surface area contributed by atoms with E-state index < -0.39 is 23.2 Å². The molecule has 0 saturated carbocycles. The molecule has 0 aliphatic rings. The molecule has 0 aliphatic carbocycles. The molecule has 7 heteroatoms. The number of amides is 1. The second-order valence-corrected chi connectivity index (χ2v) is 5.71. The Morgan fingerprint density at radius 1 is 1.30 bits per heavy atom. The molecule has 1 aromatic rings. The molecule has 20 heavy (non-hydrogen) atoms. The van der Waals surface area contributed by atoms with Crippen molar-refractivity contribution in [2.45, 2.75) is 32.5 Å². The Labute approximate surface area is 124 Å². The summed E-state index contributed by atoms with van der Waals surface area (Å²) >= 11 is 2.99. The molecule has 0 aliphatic heterocycles. The van der Waals surface area contributed by atoms with Crippen molar-refractivity contribution in [3.8, 4) is 0 Å². The van der Waals surface area contributed by atoms with Crippen LogP contribution in [0.5, 0.6) is 0 Å². The van der Waals surface area contributed by atoms with E-state index in [9.17, 15) is 18.0 Å². The molecule has 0 radical (unpaired) electrons. The number of hydrogen-bond donors (Lipinski definition) is 2. The van der Waals surface area contributed by atoms with Crippen LogP contribution in [0.3, 0.4) is 0 Å². The van der Waals surface area contributed by atoms with Crippen molar-refractivity contribution in [2.24, 2.45) is 0 Å². The fraction of sp³-hybridized carbons (Fsp3) is 0.462. The Morgan fingerprint density at radius 2 is 1.90 bits per heavy atom. The lowest BCUT2D eigenvalue weighted by molar-refractivity contribution is -0.137. The van der Waals surface area contributed by atoms with Crippen molar-refractivity contribution in [1.82, 2.24) is 5.32 Å². The van der Waals surface area contributed by atoms with Crippen LogP contribution in [-0.2, 0) is 11.0 Å². The van der Waals surface area contributed by atoms with E-state index in [1.165, 1.54) is 12.1 Å². The Balaban J connectivity index is 3.07. The summed E-state index contributed by atoms with van der Waals surface area (Å²) in [4.78, 5) is 12.0. The highest BCUT2D eigenvalue weighted by Gasteiger charge is 2.35. The van der Waals surface area contributed by atoms with Crippen molar-refractivity contribution in [3.63, 3.8) is 0 Å². The molecule has 1 amide bonds. The molecule has 0 aromatic heterocycles. The molecule has 2 N–H and O–H groups in total. The van der Waals surface area contributed by atoms with E-state index in [2.05, 4.69) is 26.6 Å². The van der Waals surface area contributed by atoms with E-state index in [0.717, 1.165) is 6.07 Å². The summed E-state index contributed by atoms with van der Waals surface area (Å²) in [5.74, 6) is -0.521. The highest BCUT2D eigenvalue weighted by molar-refractivity contribution is 9.10. The third-order valence-electron chi connectivity index (χ3n) is 2.72. The number of rotatable bonds is 4. The van der Waals surface area contributed by atoms with E-state index in [0.29, 0.717) is 11.0 Å². The zero-order valence-corrected chi connectivity index (χ0v) is 12.9. The second kappa shape index (κ2) is 6.13. The van der Waals surface area contributed by atoms with Gasteiger partial charge in [-0.05, 0) is 38.6 Å². The predicted octanol–water partition coefficient (Wildman–Crippen LogP) is 3.79. The summed E-state index contributed by atoms with van der Waals surface area (Å²) in [7, 11) is 0. The fourth-order valence-corrected chi connectivity index (χ4v) is 2.02. The smallest absolute Gasteiger partial charge is 0.324 e. The van der Waals surface area contributed by atoms with Gasteiger partial charge >= 0.3 is 6.18 Å². The van der Waals surface area contributed by atoms with Crippen LogP contribution in [-0.4, -0.2) is 18.0 Å². The van der Waals surface area contributed by atoms with Crippen LogP contribution >= 0.6 is 15.9 Å². The SMILES string of the molecule is CCNC(C)(C)C(=O)Nc1ccc(Br)cc1C(F)(F)F. The lowest BCUT2D eigenvalue weighted by Gasteiger charge is -2.25. The first kappa shape index (κ1) is 17.0. The lowest BCUT2D eigenvalue weighted by atomic mass is 10.0. The summed E-state index contributed by atoms with van der Waals surface area (Å²) in [6.07, 6.45) is -4.53. The second-order valence-electron chi connectivity index (χ2n) is 4.80. The van der Waals surface area contributed by atoms with Gasteiger partial charge < -0.3 is 10.6 Å². The Morgan fingerprint density at radius 3 is 2.40 bits per heavy atom. The average molecular weight is 353 g/mol. The van der Waals surface area contributed by atoms with Crippen LogP contribution in [0, 0.1) is 0 Å². The molecule has 112 valence electrons. The predicted molar refractivity (Wildman–Crippen MR) is 75.5 cm³/mol. The fourth-order valence-electron chi connectivity index (χ4n) is 1.66. The largest absolute Gasteiger partial charge is 0.418 e. The van der Waals surface area contributed by atoms with Crippen LogP contribution < -0.4 is 10.6 Å². The first-order valence-corrected chi connectivity index (χ1v) is 6.80. The highest BCUT2D eigenvalue weighted by atomic mass is 79.9.